The highest BCUT2D eigenvalue weighted by atomic mass is 16.3. The molecule has 0 N–H and O–H groups in total. The second kappa shape index (κ2) is 9.87. The zero-order valence-electron chi connectivity index (χ0n) is 27.7. The van der Waals surface area contributed by atoms with Crippen molar-refractivity contribution in [3.63, 3.8) is 0 Å². The molecule has 0 amide bonds. The molecule has 0 radical (unpaired) electrons. The summed E-state index contributed by atoms with van der Waals surface area (Å²) >= 11 is 0. The molecule has 0 unspecified atom stereocenters. The van der Waals surface area contributed by atoms with Gasteiger partial charge in [0, 0.05) is 38.7 Å². The lowest BCUT2D eigenvalue weighted by atomic mass is 9.80. The van der Waals surface area contributed by atoms with Crippen molar-refractivity contribution in [1.29, 1.82) is 0 Å². The van der Waals surface area contributed by atoms with E-state index in [1.807, 2.05) is 18.3 Å². The Morgan fingerprint density at radius 3 is 1.88 bits per heavy atom. The number of para-hydroxylation sites is 1. The van der Waals surface area contributed by atoms with Crippen LogP contribution in [0.1, 0.15) is 25.0 Å². The zero-order valence-corrected chi connectivity index (χ0v) is 27.7. The maximum Gasteiger partial charge on any atom is 0.135 e. The Bertz CT molecular complexity index is 3020. The van der Waals surface area contributed by atoms with E-state index in [1.54, 1.807) is 0 Å². The predicted molar refractivity (Wildman–Crippen MR) is 208 cm³/mol. The molecule has 11 rings (SSSR count). The van der Waals surface area contributed by atoms with E-state index in [-0.39, 0.29) is 5.41 Å². The summed E-state index contributed by atoms with van der Waals surface area (Å²) in [6, 6.07) is 50.4. The van der Waals surface area contributed by atoms with E-state index < -0.39 is 0 Å². The summed E-state index contributed by atoms with van der Waals surface area (Å²) in [5.41, 5.74) is 13.4. The largest absolute Gasteiger partial charge is 0.456 e. The van der Waals surface area contributed by atoms with Crippen LogP contribution in [0.15, 0.2) is 150 Å². The van der Waals surface area contributed by atoms with Gasteiger partial charge in [-0.3, -0.25) is 4.98 Å². The molecule has 1 aliphatic rings. The molecule has 1 aliphatic carbocycles. The third kappa shape index (κ3) is 3.69. The second-order valence-corrected chi connectivity index (χ2v) is 14.1. The van der Waals surface area contributed by atoms with Crippen molar-refractivity contribution in [2.75, 3.05) is 0 Å². The van der Waals surface area contributed by atoms with Gasteiger partial charge < -0.3 is 4.42 Å². The van der Waals surface area contributed by atoms with Gasteiger partial charge in [0.1, 0.15) is 11.2 Å². The highest BCUT2D eigenvalue weighted by molar-refractivity contribution is 6.21. The minimum absolute atomic E-state index is 0.189. The topological polar surface area (TPSA) is 38.9 Å². The van der Waals surface area contributed by atoms with Crippen molar-refractivity contribution in [3.8, 4) is 33.5 Å². The van der Waals surface area contributed by atoms with Crippen molar-refractivity contribution in [3.05, 3.63) is 157 Å². The molecule has 10 aromatic rings. The number of aromatic nitrogens is 2. The molecular weight excluding hydrogens is 609 g/mol. The van der Waals surface area contributed by atoms with Crippen LogP contribution in [0.4, 0.5) is 0 Å². The van der Waals surface area contributed by atoms with Crippen LogP contribution in [0, 0.1) is 0 Å². The predicted octanol–water partition coefficient (Wildman–Crippen LogP) is 12.6. The fourth-order valence-corrected chi connectivity index (χ4v) is 8.69. The molecule has 0 saturated heterocycles. The summed E-state index contributed by atoms with van der Waals surface area (Å²) in [5.74, 6) is 0. The van der Waals surface area contributed by atoms with Crippen LogP contribution in [0.25, 0.3) is 98.8 Å². The molecule has 0 spiro atoms. The van der Waals surface area contributed by atoms with Gasteiger partial charge in [0.2, 0.25) is 0 Å². The molecule has 0 atom stereocenters. The number of hydrogen-bond acceptors (Lipinski definition) is 3. The van der Waals surface area contributed by atoms with Crippen molar-refractivity contribution < 1.29 is 4.42 Å². The average molecular weight is 639 g/mol. The Morgan fingerprint density at radius 2 is 1.12 bits per heavy atom. The average Bonchev–Trinajstić information content (AvgIpc) is 3.63. The molecular formula is C47H30N2O. The quantitative estimate of drug-likeness (QED) is 0.140. The van der Waals surface area contributed by atoms with Crippen LogP contribution < -0.4 is 0 Å². The molecule has 3 aromatic heterocycles. The zero-order chi connectivity index (χ0) is 33.1. The lowest BCUT2D eigenvalue weighted by molar-refractivity contribution is 0.647. The fraction of sp³-hybridized carbons (Fsp3) is 0.0638. The van der Waals surface area contributed by atoms with Crippen LogP contribution in [0.5, 0.6) is 0 Å². The van der Waals surface area contributed by atoms with Crippen molar-refractivity contribution >= 4 is 65.3 Å². The highest BCUT2D eigenvalue weighted by Gasteiger charge is 2.37. The molecule has 234 valence electrons. The molecule has 0 bridgehead atoms. The minimum atomic E-state index is -0.189. The van der Waals surface area contributed by atoms with Gasteiger partial charge in [-0.15, -0.1) is 0 Å². The molecule has 3 heteroatoms. The second-order valence-electron chi connectivity index (χ2n) is 14.1. The normalized spacial score (nSPS) is 13.6. The van der Waals surface area contributed by atoms with Crippen LogP contribution in [-0.4, -0.2) is 9.97 Å². The first kappa shape index (κ1) is 27.6. The van der Waals surface area contributed by atoms with Gasteiger partial charge in [-0.1, -0.05) is 117 Å². The molecule has 0 fully saturated rings. The summed E-state index contributed by atoms with van der Waals surface area (Å²) in [5, 5.41) is 9.34. The summed E-state index contributed by atoms with van der Waals surface area (Å²) in [4.78, 5) is 10.1. The van der Waals surface area contributed by atoms with Gasteiger partial charge in [-0.05, 0) is 91.3 Å². The van der Waals surface area contributed by atoms with E-state index in [4.69, 9.17) is 14.4 Å². The van der Waals surface area contributed by atoms with Crippen LogP contribution in [0.3, 0.4) is 0 Å². The van der Waals surface area contributed by atoms with Gasteiger partial charge in [0.25, 0.3) is 0 Å². The number of fused-ring (bicyclic) bond motifs is 11. The van der Waals surface area contributed by atoms with Crippen molar-refractivity contribution in [1.82, 2.24) is 9.97 Å². The summed E-state index contributed by atoms with van der Waals surface area (Å²) in [6.07, 6.45) is 1.85. The number of furan rings is 1. The maximum absolute atomic E-state index is 6.34. The van der Waals surface area contributed by atoms with Crippen molar-refractivity contribution in [2.45, 2.75) is 19.3 Å². The third-order valence-electron chi connectivity index (χ3n) is 11.1. The molecule has 3 heterocycles. The summed E-state index contributed by atoms with van der Waals surface area (Å²) in [6.45, 7) is 4.69. The Labute approximate surface area is 288 Å². The minimum Gasteiger partial charge on any atom is -0.456 e. The molecule has 3 nitrogen and oxygen atoms in total. The van der Waals surface area contributed by atoms with Crippen molar-refractivity contribution in [2.24, 2.45) is 0 Å². The SMILES string of the molecule is CC1(C)c2cc(-c3c4ccccc4c(-c4ccc5ccc6cccnc6c5n4)c4ccccc34)ccc2-c2cc3c(cc21)oc1ccccc13. The molecule has 50 heavy (non-hydrogen) atoms. The number of nitrogens with zero attached hydrogens (tertiary/aromatic N) is 2. The highest BCUT2D eigenvalue weighted by Crippen LogP contribution is 2.53. The number of hydrogen-bond donors (Lipinski definition) is 0. The number of pyridine rings is 2. The smallest absolute Gasteiger partial charge is 0.135 e. The van der Waals surface area contributed by atoms with E-state index in [2.05, 4.69) is 141 Å². The van der Waals surface area contributed by atoms with Gasteiger partial charge in [0.05, 0.1) is 16.7 Å². The lowest BCUT2D eigenvalue weighted by Crippen LogP contribution is -2.15. The first-order valence-electron chi connectivity index (χ1n) is 17.2. The van der Waals surface area contributed by atoms with Gasteiger partial charge in [-0.25, -0.2) is 4.98 Å². The molecule has 0 aliphatic heterocycles. The molecule has 7 aromatic carbocycles. The first-order valence-corrected chi connectivity index (χ1v) is 17.2. The summed E-state index contributed by atoms with van der Waals surface area (Å²) < 4.78 is 6.34. The maximum atomic E-state index is 6.34. The van der Waals surface area contributed by atoms with E-state index in [9.17, 15) is 0 Å². The van der Waals surface area contributed by atoms with E-state index in [0.29, 0.717) is 0 Å². The van der Waals surface area contributed by atoms with Crippen LogP contribution in [0.2, 0.25) is 0 Å². The van der Waals surface area contributed by atoms with Gasteiger partial charge in [0.15, 0.2) is 0 Å². The van der Waals surface area contributed by atoms with E-state index in [1.165, 1.54) is 60.3 Å². The Kier molecular flexibility index (Phi) is 5.45. The number of benzene rings is 7. The summed E-state index contributed by atoms with van der Waals surface area (Å²) in [7, 11) is 0. The Balaban J connectivity index is 1.15. The van der Waals surface area contributed by atoms with Gasteiger partial charge in [-0.2, -0.15) is 0 Å². The Morgan fingerprint density at radius 1 is 0.480 bits per heavy atom. The monoisotopic (exact) mass is 638 g/mol. The standard InChI is InChI=1S/C47H30N2O/c1-47(2)38-24-29(19-21-30(38)36-25-37-31-11-7-8-16-41(31)50-42(37)26-39(36)47)43-32-12-3-5-14-34(32)44(35-15-6-4-13-33(35)43)40-22-20-28-18-17-27-10-9-23-48-45(27)46(28)49-40/h3-26H,1-2H3. The van der Waals surface area contributed by atoms with Crippen LogP contribution in [-0.2, 0) is 5.41 Å². The third-order valence-corrected chi connectivity index (χ3v) is 11.1. The van der Waals surface area contributed by atoms with Crippen LogP contribution >= 0.6 is 0 Å². The first-order chi connectivity index (χ1) is 24.5. The Hall–Kier alpha value is -6.32. The van der Waals surface area contributed by atoms with Gasteiger partial charge >= 0.3 is 0 Å². The fourth-order valence-electron chi connectivity index (χ4n) is 8.69. The lowest BCUT2D eigenvalue weighted by Gasteiger charge is -2.23. The molecule has 0 saturated carbocycles. The number of rotatable bonds is 2. The van der Waals surface area contributed by atoms with E-state index in [0.717, 1.165) is 49.6 Å². The van der Waals surface area contributed by atoms with E-state index >= 15 is 0 Å².